The molecule has 0 aliphatic carbocycles. The SMILES string of the molecule is CCc1ccc(C2CSc3nncn3N2)cc1. The Hall–Kier alpha value is -1.49. The van der Waals surface area contributed by atoms with E-state index in [9.17, 15) is 0 Å². The van der Waals surface area contributed by atoms with Crippen LogP contribution in [0.1, 0.15) is 24.1 Å². The van der Waals surface area contributed by atoms with E-state index in [0.29, 0.717) is 6.04 Å². The van der Waals surface area contributed by atoms with Crippen molar-refractivity contribution in [1.29, 1.82) is 0 Å². The number of rotatable bonds is 2. The fourth-order valence-electron chi connectivity index (χ4n) is 1.93. The minimum Gasteiger partial charge on any atom is -0.314 e. The topological polar surface area (TPSA) is 42.7 Å². The highest BCUT2D eigenvalue weighted by molar-refractivity contribution is 7.99. The van der Waals surface area contributed by atoms with Crippen LogP contribution in [0.3, 0.4) is 0 Å². The van der Waals surface area contributed by atoms with E-state index in [-0.39, 0.29) is 0 Å². The first-order valence-electron chi connectivity index (χ1n) is 5.75. The zero-order chi connectivity index (χ0) is 11.7. The molecular formula is C12H14N4S. The monoisotopic (exact) mass is 246 g/mol. The molecule has 0 spiro atoms. The third-order valence-corrected chi connectivity index (χ3v) is 4.02. The average Bonchev–Trinajstić information content (AvgIpc) is 2.86. The predicted molar refractivity (Wildman–Crippen MR) is 68.7 cm³/mol. The van der Waals surface area contributed by atoms with Gasteiger partial charge in [-0.15, -0.1) is 10.2 Å². The Balaban J connectivity index is 1.81. The summed E-state index contributed by atoms with van der Waals surface area (Å²) in [4.78, 5) is 0. The summed E-state index contributed by atoms with van der Waals surface area (Å²) in [6.45, 7) is 2.17. The van der Waals surface area contributed by atoms with Crippen molar-refractivity contribution in [3.63, 3.8) is 0 Å². The molecular weight excluding hydrogens is 232 g/mol. The number of fused-ring (bicyclic) bond motifs is 1. The third kappa shape index (κ3) is 2.02. The fraction of sp³-hybridized carbons (Fsp3) is 0.333. The molecule has 4 nitrogen and oxygen atoms in total. The lowest BCUT2D eigenvalue weighted by atomic mass is 10.1. The van der Waals surface area contributed by atoms with Crippen molar-refractivity contribution in [2.45, 2.75) is 24.5 Å². The maximum absolute atomic E-state index is 4.03. The Morgan fingerprint density at radius 2 is 2.24 bits per heavy atom. The van der Waals surface area contributed by atoms with Gasteiger partial charge in [0.2, 0.25) is 5.16 Å². The van der Waals surface area contributed by atoms with Crippen molar-refractivity contribution in [3.05, 3.63) is 41.7 Å². The number of hydrogen-bond acceptors (Lipinski definition) is 4. The van der Waals surface area contributed by atoms with Crippen molar-refractivity contribution >= 4 is 11.8 Å². The van der Waals surface area contributed by atoms with Gasteiger partial charge >= 0.3 is 0 Å². The lowest BCUT2D eigenvalue weighted by Gasteiger charge is -2.25. The van der Waals surface area contributed by atoms with Gasteiger partial charge in [0.15, 0.2) is 0 Å². The molecule has 1 N–H and O–H groups in total. The van der Waals surface area contributed by atoms with E-state index in [1.807, 2.05) is 4.68 Å². The number of aromatic nitrogens is 3. The quantitative estimate of drug-likeness (QED) is 0.882. The highest BCUT2D eigenvalue weighted by Crippen LogP contribution is 2.28. The molecule has 1 aromatic carbocycles. The Kier molecular flexibility index (Phi) is 2.76. The molecule has 1 atom stereocenters. The van der Waals surface area contributed by atoms with Crippen molar-refractivity contribution in [1.82, 2.24) is 14.9 Å². The highest BCUT2D eigenvalue weighted by atomic mass is 32.2. The zero-order valence-electron chi connectivity index (χ0n) is 9.63. The van der Waals surface area contributed by atoms with Crippen LogP contribution in [0.4, 0.5) is 0 Å². The van der Waals surface area contributed by atoms with Crippen LogP contribution in [-0.4, -0.2) is 20.6 Å². The lowest BCUT2D eigenvalue weighted by Crippen LogP contribution is -2.27. The summed E-state index contributed by atoms with van der Waals surface area (Å²) in [7, 11) is 0. The Bertz CT molecular complexity index is 505. The van der Waals surface area contributed by atoms with Gasteiger partial charge in [0, 0.05) is 5.75 Å². The van der Waals surface area contributed by atoms with Crippen molar-refractivity contribution in [2.24, 2.45) is 0 Å². The van der Waals surface area contributed by atoms with Crippen LogP contribution in [0.5, 0.6) is 0 Å². The first-order chi connectivity index (χ1) is 8.36. The summed E-state index contributed by atoms with van der Waals surface area (Å²) >= 11 is 1.74. The van der Waals surface area contributed by atoms with Gasteiger partial charge in [0.1, 0.15) is 6.33 Å². The molecule has 0 bridgehead atoms. The number of hydrogen-bond donors (Lipinski definition) is 1. The molecule has 2 aromatic rings. The number of nitrogens with one attached hydrogen (secondary N) is 1. The molecule has 0 saturated carbocycles. The van der Waals surface area contributed by atoms with Crippen LogP contribution in [0.2, 0.25) is 0 Å². The molecule has 0 amide bonds. The first kappa shape index (κ1) is 10.7. The average molecular weight is 246 g/mol. The summed E-state index contributed by atoms with van der Waals surface area (Å²) < 4.78 is 1.90. The van der Waals surface area contributed by atoms with E-state index in [1.54, 1.807) is 18.1 Å². The summed E-state index contributed by atoms with van der Waals surface area (Å²) in [5, 5.41) is 8.85. The molecule has 1 aromatic heterocycles. The third-order valence-electron chi connectivity index (χ3n) is 2.98. The maximum Gasteiger partial charge on any atom is 0.209 e. The van der Waals surface area contributed by atoms with E-state index < -0.39 is 0 Å². The molecule has 17 heavy (non-hydrogen) atoms. The molecule has 2 heterocycles. The Labute approximate surface area is 104 Å². The summed E-state index contributed by atoms with van der Waals surface area (Å²) in [5.74, 6) is 0.990. The number of nitrogens with zero attached hydrogens (tertiary/aromatic N) is 3. The molecule has 1 aliphatic heterocycles. The minimum atomic E-state index is 0.328. The van der Waals surface area contributed by atoms with Gasteiger partial charge in [-0.25, -0.2) is 4.68 Å². The highest BCUT2D eigenvalue weighted by Gasteiger charge is 2.20. The molecule has 1 aliphatic rings. The predicted octanol–water partition coefficient (Wildman–Crippen LogP) is 2.23. The van der Waals surface area contributed by atoms with Crippen molar-refractivity contribution in [2.75, 3.05) is 11.2 Å². The van der Waals surface area contributed by atoms with E-state index >= 15 is 0 Å². The van der Waals surface area contributed by atoms with Crippen LogP contribution < -0.4 is 5.43 Å². The van der Waals surface area contributed by atoms with Gasteiger partial charge in [-0.1, -0.05) is 43.0 Å². The lowest BCUT2D eigenvalue weighted by molar-refractivity contribution is 0.658. The number of thioether (sulfide) groups is 1. The molecule has 0 radical (unpaired) electrons. The van der Waals surface area contributed by atoms with Crippen LogP contribution in [0.15, 0.2) is 35.7 Å². The van der Waals surface area contributed by atoms with E-state index in [1.165, 1.54) is 11.1 Å². The first-order valence-corrected chi connectivity index (χ1v) is 6.73. The summed E-state index contributed by atoms with van der Waals surface area (Å²) in [5.41, 5.74) is 6.09. The van der Waals surface area contributed by atoms with E-state index in [4.69, 9.17) is 0 Å². The van der Waals surface area contributed by atoms with Gasteiger partial charge in [-0.05, 0) is 17.5 Å². The molecule has 88 valence electrons. The van der Waals surface area contributed by atoms with Crippen LogP contribution in [0, 0.1) is 0 Å². The number of benzene rings is 1. The standard InChI is InChI=1S/C12H14N4S/c1-2-9-3-5-10(6-4-9)11-7-17-12-14-13-8-16(12)15-11/h3-6,8,11,15H,2,7H2,1H3. The Morgan fingerprint density at radius 3 is 3.00 bits per heavy atom. The second-order valence-corrected chi connectivity index (χ2v) is 5.06. The van der Waals surface area contributed by atoms with Gasteiger partial charge < -0.3 is 5.43 Å². The molecule has 0 fully saturated rings. The fourth-order valence-corrected chi connectivity index (χ4v) is 2.86. The summed E-state index contributed by atoms with van der Waals surface area (Å²) in [6.07, 6.45) is 2.80. The van der Waals surface area contributed by atoms with Gasteiger partial charge in [0.05, 0.1) is 6.04 Å². The second-order valence-electron chi connectivity index (χ2n) is 4.07. The van der Waals surface area contributed by atoms with E-state index in [0.717, 1.165) is 17.3 Å². The van der Waals surface area contributed by atoms with Gasteiger partial charge in [-0.2, -0.15) is 0 Å². The van der Waals surface area contributed by atoms with Gasteiger partial charge in [0.25, 0.3) is 0 Å². The van der Waals surface area contributed by atoms with Crippen LogP contribution >= 0.6 is 11.8 Å². The van der Waals surface area contributed by atoms with Crippen molar-refractivity contribution < 1.29 is 0 Å². The molecule has 3 rings (SSSR count). The molecule has 5 heteroatoms. The van der Waals surface area contributed by atoms with Crippen LogP contribution in [-0.2, 0) is 6.42 Å². The number of aryl methyl sites for hydroxylation is 1. The normalized spacial score (nSPS) is 18.5. The maximum atomic E-state index is 4.03. The van der Waals surface area contributed by atoms with Gasteiger partial charge in [-0.3, -0.25) is 0 Å². The van der Waals surface area contributed by atoms with E-state index in [2.05, 4.69) is 46.8 Å². The van der Waals surface area contributed by atoms with Crippen LogP contribution in [0.25, 0.3) is 0 Å². The zero-order valence-corrected chi connectivity index (χ0v) is 10.4. The minimum absolute atomic E-state index is 0.328. The smallest absolute Gasteiger partial charge is 0.209 e. The van der Waals surface area contributed by atoms with Crippen molar-refractivity contribution in [3.8, 4) is 0 Å². The second kappa shape index (κ2) is 4.41. The summed E-state index contributed by atoms with van der Waals surface area (Å²) in [6, 6.07) is 9.13. The molecule has 0 saturated heterocycles. The Morgan fingerprint density at radius 1 is 1.41 bits per heavy atom. The molecule has 1 unspecified atom stereocenters. The largest absolute Gasteiger partial charge is 0.314 e.